The van der Waals surface area contributed by atoms with Gasteiger partial charge in [0.05, 0.1) is 11.5 Å². The minimum Gasteiger partial charge on any atom is -0.484 e. The van der Waals surface area contributed by atoms with Gasteiger partial charge in [-0.2, -0.15) is 0 Å². The predicted molar refractivity (Wildman–Crippen MR) is 96.8 cm³/mol. The summed E-state index contributed by atoms with van der Waals surface area (Å²) >= 11 is 5.82. The summed E-state index contributed by atoms with van der Waals surface area (Å²) in [5, 5.41) is 0.630. The molecule has 0 aliphatic carbocycles. The van der Waals surface area contributed by atoms with Crippen LogP contribution in [0, 0.1) is 0 Å². The molecule has 2 fully saturated rings. The smallest absolute Gasteiger partial charge is 0.260 e. The Balaban J connectivity index is 1.42. The van der Waals surface area contributed by atoms with Gasteiger partial charge in [0.25, 0.3) is 5.91 Å². The second-order valence-corrected chi connectivity index (χ2v) is 9.28. The van der Waals surface area contributed by atoms with Crippen molar-refractivity contribution in [3.05, 3.63) is 29.3 Å². The molecule has 0 saturated carbocycles. The third-order valence-electron chi connectivity index (χ3n) is 4.88. The van der Waals surface area contributed by atoms with Crippen molar-refractivity contribution in [3.8, 4) is 5.75 Å². The van der Waals surface area contributed by atoms with E-state index in [1.165, 1.54) is 0 Å². The van der Waals surface area contributed by atoms with Crippen molar-refractivity contribution < 1.29 is 17.9 Å². The quantitative estimate of drug-likeness (QED) is 0.783. The fourth-order valence-corrected chi connectivity index (χ4v) is 4.94. The molecule has 3 rings (SSSR count). The highest BCUT2D eigenvalue weighted by molar-refractivity contribution is 7.91. The molecule has 6 nitrogen and oxygen atoms in total. The van der Waals surface area contributed by atoms with Crippen molar-refractivity contribution in [1.29, 1.82) is 0 Å². The number of hydrogen-bond acceptors (Lipinski definition) is 5. The second-order valence-electron chi connectivity index (χ2n) is 6.54. The van der Waals surface area contributed by atoms with Crippen LogP contribution in [0.3, 0.4) is 0 Å². The molecule has 25 heavy (non-hydrogen) atoms. The van der Waals surface area contributed by atoms with Gasteiger partial charge >= 0.3 is 0 Å². The Morgan fingerprint density at radius 3 is 2.28 bits per heavy atom. The van der Waals surface area contributed by atoms with Crippen LogP contribution in [0.1, 0.15) is 12.8 Å². The number of nitrogens with zero attached hydrogens (tertiary/aromatic N) is 2. The maximum Gasteiger partial charge on any atom is 0.260 e. The highest BCUT2D eigenvalue weighted by Gasteiger charge is 2.30. The van der Waals surface area contributed by atoms with Crippen LogP contribution in [0.2, 0.25) is 5.02 Å². The van der Waals surface area contributed by atoms with Crippen molar-refractivity contribution in [3.63, 3.8) is 0 Å². The molecule has 0 aromatic heterocycles. The Morgan fingerprint density at radius 1 is 1.08 bits per heavy atom. The Morgan fingerprint density at radius 2 is 1.68 bits per heavy atom. The third kappa shape index (κ3) is 5.09. The standard InChI is InChI=1S/C17H23ClN2O4S/c18-14-1-3-16(4-2-14)24-13-17(21)20-9-7-19(8-10-20)15-5-11-25(22,23)12-6-15/h1-4,15H,5-13H2. The van der Waals surface area contributed by atoms with E-state index in [0.29, 0.717) is 42.7 Å². The molecular weight excluding hydrogens is 364 g/mol. The number of piperazine rings is 1. The average molecular weight is 387 g/mol. The van der Waals surface area contributed by atoms with Gasteiger partial charge in [-0.15, -0.1) is 0 Å². The van der Waals surface area contributed by atoms with E-state index >= 15 is 0 Å². The van der Waals surface area contributed by atoms with Gasteiger partial charge in [0.1, 0.15) is 15.6 Å². The van der Waals surface area contributed by atoms with Gasteiger partial charge in [-0.05, 0) is 37.1 Å². The maximum atomic E-state index is 12.3. The van der Waals surface area contributed by atoms with Crippen LogP contribution in [0.5, 0.6) is 5.75 Å². The van der Waals surface area contributed by atoms with E-state index in [9.17, 15) is 13.2 Å². The molecular formula is C17H23ClN2O4S. The molecule has 0 radical (unpaired) electrons. The fraction of sp³-hybridized carbons (Fsp3) is 0.588. The molecule has 1 aromatic carbocycles. The van der Waals surface area contributed by atoms with Crippen molar-refractivity contribution in [1.82, 2.24) is 9.80 Å². The highest BCUT2D eigenvalue weighted by Crippen LogP contribution is 2.20. The van der Waals surface area contributed by atoms with Gasteiger partial charge in [-0.1, -0.05) is 11.6 Å². The van der Waals surface area contributed by atoms with Crippen molar-refractivity contribution in [2.75, 3.05) is 44.3 Å². The minimum absolute atomic E-state index is 0.0172. The largest absolute Gasteiger partial charge is 0.484 e. The van der Waals surface area contributed by atoms with Gasteiger partial charge in [-0.25, -0.2) is 8.42 Å². The van der Waals surface area contributed by atoms with E-state index < -0.39 is 9.84 Å². The first-order chi connectivity index (χ1) is 11.9. The first kappa shape index (κ1) is 18.5. The molecule has 2 aliphatic heterocycles. The molecule has 0 bridgehead atoms. The zero-order chi connectivity index (χ0) is 17.9. The number of carbonyl (C=O) groups excluding carboxylic acids is 1. The van der Waals surface area contributed by atoms with Crippen molar-refractivity contribution in [2.24, 2.45) is 0 Å². The van der Waals surface area contributed by atoms with Crippen LogP contribution in [0.4, 0.5) is 0 Å². The SMILES string of the molecule is O=C(COc1ccc(Cl)cc1)N1CCN(C2CCS(=O)(=O)CC2)CC1. The lowest BCUT2D eigenvalue weighted by Crippen LogP contribution is -2.54. The molecule has 2 saturated heterocycles. The minimum atomic E-state index is -2.83. The summed E-state index contributed by atoms with van der Waals surface area (Å²) in [6.07, 6.45) is 1.41. The molecule has 138 valence electrons. The molecule has 8 heteroatoms. The van der Waals surface area contributed by atoms with Crippen LogP contribution in [0.25, 0.3) is 0 Å². The van der Waals surface area contributed by atoms with Crippen LogP contribution in [-0.4, -0.2) is 74.5 Å². The van der Waals surface area contributed by atoms with Gasteiger partial charge < -0.3 is 9.64 Å². The number of benzene rings is 1. The molecule has 2 heterocycles. The summed E-state index contributed by atoms with van der Waals surface area (Å²) in [4.78, 5) is 16.4. The fourth-order valence-electron chi connectivity index (χ4n) is 3.35. The molecule has 0 unspecified atom stereocenters. The molecule has 1 amide bonds. The van der Waals surface area contributed by atoms with E-state index in [-0.39, 0.29) is 24.0 Å². The lowest BCUT2D eigenvalue weighted by molar-refractivity contribution is -0.135. The van der Waals surface area contributed by atoms with Gasteiger partial charge in [0, 0.05) is 37.2 Å². The third-order valence-corrected chi connectivity index (χ3v) is 6.85. The van der Waals surface area contributed by atoms with E-state index in [1.54, 1.807) is 24.3 Å². The highest BCUT2D eigenvalue weighted by atomic mass is 35.5. The first-order valence-corrected chi connectivity index (χ1v) is 10.7. The number of carbonyl (C=O) groups is 1. The molecule has 0 atom stereocenters. The second kappa shape index (κ2) is 7.93. The summed E-state index contributed by atoms with van der Waals surface area (Å²) in [5.41, 5.74) is 0. The van der Waals surface area contributed by atoms with Gasteiger partial charge in [0.2, 0.25) is 0 Å². The Labute approximate surface area is 153 Å². The lowest BCUT2D eigenvalue weighted by atomic mass is 10.1. The summed E-state index contributed by atoms with van der Waals surface area (Å²) in [6.45, 7) is 2.91. The monoisotopic (exact) mass is 386 g/mol. The van der Waals surface area contributed by atoms with Crippen LogP contribution < -0.4 is 4.74 Å². The zero-order valence-corrected chi connectivity index (χ0v) is 15.6. The van der Waals surface area contributed by atoms with Crippen LogP contribution in [0.15, 0.2) is 24.3 Å². The van der Waals surface area contributed by atoms with Crippen LogP contribution >= 0.6 is 11.6 Å². The number of ether oxygens (including phenoxy) is 1. The Hall–Kier alpha value is -1.31. The van der Waals surface area contributed by atoms with E-state index in [1.807, 2.05) is 4.90 Å². The average Bonchev–Trinajstić information content (AvgIpc) is 2.61. The van der Waals surface area contributed by atoms with Gasteiger partial charge in [-0.3, -0.25) is 9.69 Å². The van der Waals surface area contributed by atoms with E-state index in [0.717, 1.165) is 13.1 Å². The van der Waals surface area contributed by atoms with Crippen molar-refractivity contribution >= 4 is 27.3 Å². The molecule has 0 spiro atoms. The number of hydrogen-bond donors (Lipinski definition) is 0. The number of halogens is 1. The predicted octanol–water partition coefficient (Wildman–Crippen LogP) is 1.44. The molecule has 2 aliphatic rings. The normalized spacial score (nSPS) is 21.9. The maximum absolute atomic E-state index is 12.3. The first-order valence-electron chi connectivity index (χ1n) is 8.53. The number of amides is 1. The Bertz CT molecular complexity index is 686. The van der Waals surface area contributed by atoms with E-state index in [4.69, 9.17) is 16.3 Å². The number of sulfone groups is 1. The molecule has 0 N–H and O–H groups in total. The van der Waals surface area contributed by atoms with Crippen molar-refractivity contribution in [2.45, 2.75) is 18.9 Å². The Kier molecular flexibility index (Phi) is 5.86. The number of rotatable bonds is 4. The summed E-state index contributed by atoms with van der Waals surface area (Å²) < 4.78 is 28.6. The lowest BCUT2D eigenvalue weighted by Gasteiger charge is -2.40. The summed E-state index contributed by atoms with van der Waals surface area (Å²) in [5.74, 6) is 1.16. The topological polar surface area (TPSA) is 66.9 Å². The van der Waals surface area contributed by atoms with Crippen LogP contribution in [-0.2, 0) is 14.6 Å². The summed E-state index contributed by atoms with van der Waals surface area (Å²) in [6, 6.07) is 7.26. The zero-order valence-electron chi connectivity index (χ0n) is 14.1. The molecule has 1 aromatic rings. The van der Waals surface area contributed by atoms with Gasteiger partial charge in [0.15, 0.2) is 6.61 Å². The summed E-state index contributed by atoms with van der Waals surface area (Å²) in [7, 11) is -2.83. The van der Waals surface area contributed by atoms with E-state index in [2.05, 4.69) is 4.90 Å².